The van der Waals surface area contributed by atoms with Gasteiger partial charge in [-0.3, -0.25) is 9.20 Å². The third kappa shape index (κ3) is 2.39. The maximum Gasteiger partial charge on any atom is 0.337 e. The minimum absolute atomic E-state index is 0.0432. The monoisotopic (exact) mass is 333 g/mol. The zero-order valence-electron chi connectivity index (χ0n) is 12.8. The van der Waals surface area contributed by atoms with Crippen molar-refractivity contribution in [3.63, 3.8) is 0 Å². The Labute approximate surface area is 136 Å². The predicted octanol–water partition coefficient (Wildman–Crippen LogP) is 3.43. The highest BCUT2D eigenvalue weighted by atomic mass is 35.5. The quantitative estimate of drug-likeness (QED) is 0.765. The highest BCUT2D eigenvalue weighted by molar-refractivity contribution is 6.34. The number of aromatic carboxylic acids is 1. The molecule has 1 aromatic carbocycles. The second-order valence-corrected chi connectivity index (χ2v) is 5.87. The maximum atomic E-state index is 12.3. The van der Waals surface area contributed by atoms with Gasteiger partial charge >= 0.3 is 5.97 Å². The average molecular weight is 334 g/mol. The minimum Gasteiger partial charge on any atom is -0.478 e. The normalized spacial score (nSPS) is 11.7. The van der Waals surface area contributed by atoms with Crippen LogP contribution >= 0.6 is 11.6 Å². The van der Waals surface area contributed by atoms with Crippen molar-refractivity contribution in [1.82, 2.24) is 14.4 Å². The molecule has 2 aromatic heterocycles. The number of hydrogen-bond acceptors (Lipinski definition) is 3. The fourth-order valence-electron chi connectivity index (χ4n) is 2.92. The molecule has 6 nitrogen and oxygen atoms in total. The van der Waals surface area contributed by atoms with E-state index in [0.29, 0.717) is 16.6 Å². The molecule has 0 bridgehead atoms. The number of H-pyrrole nitrogens is 1. The fourth-order valence-corrected chi connectivity index (χ4v) is 3.16. The van der Waals surface area contributed by atoms with Gasteiger partial charge in [-0.15, -0.1) is 0 Å². The van der Waals surface area contributed by atoms with Crippen LogP contribution in [0, 0.1) is 0 Å². The Bertz CT molecular complexity index is 970. The number of benzene rings is 1. The van der Waals surface area contributed by atoms with Crippen molar-refractivity contribution in [1.29, 1.82) is 0 Å². The molecule has 0 radical (unpaired) electrons. The Morgan fingerprint density at radius 2 is 2.04 bits per heavy atom. The van der Waals surface area contributed by atoms with Crippen LogP contribution in [0.5, 0.6) is 0 Å². The number of carbonyl (C=O) groups is 1. The van der Waals surface area contributed by atoms with E-state index in [1.165, 1.54) is 6.07 Å². The molecule has 3 rings (SSSR count). The zero-order chi connectivity index (χ0) is 16.7. The van der Waals surface area contributed by atoms with Gasteiger partial charge in [0.15, 0.2) is 0 Å². The lowest BCUT2D eigenvalue weighted by atomic mass is 10.0. The molecule has 120 valence electrons. The summed E-state index contributed by atoms with van der Waals surface area (Å²) in [5.74, 6) is -0.135. The standard InChI is InChI=1S/C16H16ClN3O3/c1-3-8(4-2)14-18-7-13-15(21)19-11-5-9(16(22)23)10(17)6-12(11)20(13)14/h5-8H,3-4H2,1-2H3,(H,19,21)(H,22,23). The third-order valence-corrected chi connectivity index (χ3v) is 4.49. The molecule has 0 unspecified atom stereocenters. The van der Waals surface area contributed by atoms with Crippen molar-refractivity contribution in [2.75, 3.05) is 0 Å². The van der Waals surface area contributed by atoms with Crippen LogP contribution in [0.15, 0.2) is 23.1 Å². The molecule has 0 fully saturated rings. The number of aromatic nitrogens is 3. The highest BCUT2D eigenvalue weighted by Crippen LogP contribution is 2.27. The minimum atomic E-state index is -1.14. The van der Waals surface area contributed by atoms with Gasteiger partial charge in [0.05, 0.1) is 27.8 Å². The molecule has 0 amide bonds. The van der Waals surface area contributed by atoms with E-state index in [9.17, 15) is 14.7 Å². The maximum absolute atomic E-state index is 12.3. The number of hydrogen-bond donors (Lipinski definition) is 2. The number of nitrogens with one attached hydrogen (secondary N) is 1. The fraction of sp³-hybridized carbons (Fsp3) is 0.312. The zero-order valence-corrected chi connectivity index (χ0v) is 13.5. The predicted molar refractivity (Wildman–Crippen MR) is 88.6 cm³/mol. The van der Waals surface area contributed by atoms with Crippen LogP contribution in [-0.2, 0) is 0 Å². The molecule has 0 aliphatic rings. The van der Waals surface area contributed by atoms with Gasteiger partial charge in [0.1, 0.15) is 11.3 Å². The van der Waals surface area contributed by atoms with Crippen LogP contribution in [0.1, 0.15) is 48.8 Å². The lowest BCUT2D eigenvalue weighted by molar-refractivity contribution is 0.0697. The van der Waals surface area contributed by atoms with Crippen LogP contribution in [0.4, 0.5) is 0 Å². The lowest BCUT2D eigenvalue weighted by Crippen LogP contribution is -2.13. The molecule has 2 N–H and O–H groups in total. The molecule has 3 aromatic rings. The van der Waals surface area contributed by atoms with E-state index >= 15 is 0 Å². The Morgan fingerprint density at radius 3 is 2.65 bits per heavy atom. The van der Waals surface area contributed by atoms with Crippen molar-refractivity contribution in [2.45, 2.75) is 32.6 Å². The van der Waals surface area contributed by atoms with Crippen LogP contribution in [0.3, 0.4) is 0 Å². The van der Waals surface area contributed by atoms with Crippen molar-refractivity contribution in [3.05, 3.63) is 45.1 Å². The number of imidazole rings is 1. The highest BCUT2D eigenvalue weighted by Gasteiger charge is 2.19. The Morgan fingerprint density at radius 1 is 1.35 bits per heavy atom. The molecule has 23 heavy (non-hydrogen) atoms. The second kappa shape index (κ2) is 5.70. The summed E-state index contributed by atoms with van der Waals surface area (Å²) in [5, 5.41) is 9.32. The second-order valence-electron chi connectivity index (χ2n) is 5.46. The molecular formula is C16H16ClN3O3. The summed E-state index contributed by atoms with van der Waals surface area (Å²) in [6.07, 6.45) is 3.33. The smallest absolute Gasteiger partial charge is 0.337 e. The number of nitrogens with zero attached hydrogens (tertiary/aromatic N) is 2. The van der Waals surface area contributed by atoms with Gasteiger partial charge in [0.2, 0.25) is 0 Å². The summed E-state index contributed by atoms with van der Waals surface area (Å²) >= 11 is 6.10. The molecule has 0 spiro atoms. The number of aromatic amines is 1. The van der Waals surface area contributed by atoms with Gasteiger partial charge in [-0.05, 0) is 25.0 Å². The largest absolute Gasteiger partial charge is 0.478 e. The Hall–Kier alpha value is -2.34. The van der Waals surface area contributed by atoms with Crippen molar-refractivity contribution in [2.24, 2.45) is 0 Å². The summed E-state index contributed by atoms with van der Waals surface area (Å²) in [6, 6.07) is 2.95. The first kappa shape index (κ1) is 15.6. The molecule has 7 heteroatoms. The molecule has 2 heterocycles. The molecule has 0 aliphatic heterocycles. The van der Waals surface area contributed by atoms with Crippen LogP contribution in [0.2, 0.25) is 5.02 Å². The summed E-state index contributed by atoms with van der Waals surface area (Å²) in [4.78, 5) is 30.6. The van der Waals surface area contributed by atoms with Gasteiger partial charge in [0, 0.05) is 5.92 Å². The molecule has 0 aliphatic carbocycles. The number of rotatable bonds is 4. The lowest BCUT2D eigenvalue weighted by Gasteiger charge is -2.13. The first-order valence-corrected chi connectivity index (χ1v) is 7.81. The third-order valence-electron chi connectivity index (χ3n) is 4.18. The molecule has 0 saturated carbocycles. The van der Waals surface area contributed by atoms with E-state index in [-0.39, 0.29) is 22.1 Å². The number of halogens is 1. The average Bonchev–Trinajstić information content (AvgIpc) is 2.94. The number of fused-ring (bicyclic) bond motifs is 3. The van der Waals surface area contributed by atoms with E-state index in [2.05, 4.69) is 23.8 Å². The van der Waals surface area contributed by atoms with Gasteiger partial charge in [0.25, 0.3) is 5.56 Å². The van der Waals surface area contributed by atoms with Crippen molar-refractivity contribution < 1.29 is 9.90 Å². The van der Waals surface area contributed by atoms with E-state index in [1.807, 2.05) is 0 Å². The van der Waals surface area contributed by atoms with Gasteiger partial charge in [-0.2, -0.15) is 0 Å². The summed E-state index contributed by atoms with van der Waals surface area (Å²) in [7, 11) is 0. The van der Waals surface area contributed by atoms with E-state index in [1.54, 1.807) is 16.7 Å². The van der Waals surface area contributed by atoms with Crippen LogP contribution in [-0.4, -0.2) is 25.4 Å². The summed E-state index contributed by atoms with van der Waals surface area (Å²) in [5.41, 5.74) is 1.15. The van der Waals surface area contributed by atoms with E-state index in [4.69, 9.17) is 11.6 Å². The van der Waals surface area contributed by atoms with Crippen molar-refractivity contribution in [3.8, 4) is 0 Å². The van der Waals surface area contributed by atoms with E-state index < -0.39 is 5.97 Å². The number of carboxylic acid groups (broad SMARTS) is 1. The Kier molecular flexibility index (Phi) is 3.85. The summed E-state index contributed by atoms with van der Waals surface area (Å²) < 4.78 is 1.78. The first-order valence-electron chi connectivity index (χ1n) is 7.44. The van der Waals surface area contributed by atoms with Gasteiger partial charge < -0.3 is 10.1 Å². The molecule has 0 atom stereocenters. The first-order chi connectivity index (χ1) is 11.0. The van der Waals surface area contributed by atoms with Gasteiger partial charge in [-0.1, -0.05) is 25.4 Å². The Balaban J connectivity index is 2.45. The molecule has 0 saturated heterocycles. The molecular weight excluding hydrogens is 318 g/mol. The van der Waals surface area contributed by atoms with Crippen LogP contribution in [0.25, 0.3) is 16.6 Å². The van der Waals surface area contributed by atoms with Gasteiger partial charge in [-0.25, -0.2) is 9.78 Å². The van der Waals surface area contributed by atoms with Crippen LogP contribution < -0.4 is 5.56 Å². The van der Waals surface area contributed by atoms with Crippen molar-refractivity contribution >= 4 is 34.1 Å². The topological polar surface area (TPSA) is 87.5 Å². The SMILES string of the molecule is CCC(CC)c1ncc2c(=O)[nH]c3cc(C(=O)O)c(Cl)cc3n12. The van der Waals surface area contributed by atoms with E-state index in [0.717, 1.165) is 18.7 Å². The number of carboxylic acids is 1. The summed E-state index contributed by atoms with van der Waals surface area (Å²) in [6.45, 7) is 4.14.